The van der Waals surface area contributed by atoms with Crippen LogP contribution in [0, 0.1) is 5.92 Å². The molecule has 1 aliphatic heterocycles. The number of amides is 1. The number of hydrogen-bond donors (Lipinski definition) is 0. The fraction of sp³-hybridized carbons (Fsp3) is 0.783. The quantitative estimate of drug-likeness (QED) is 0.318. The van der Waals surface area contributed by atoms with Crippen molar-refractivity contribution in [2.45, 2.75) is 84.3 Å². The van der Waals surface area contributed by atoms with Crippen molar-refractivity contribution in [2.24, 2.45) is 5.92 Å². The van der Waals surface area contributed by atoms with Crippen LogP contribution in [0.15, 0.2) is 23.4 Å². The topological polar surface area (TPSA) is 55.8 Å². The molecule has 0 radical (unpaired) electrons. The number of nitrogens with zero attached hydrogens (tertiary/aromatic N) is 1. The first-order chi connectivity index (χ1) is 13.9. The van der Waals surface area contributed by atoms with Gasteiger partial charge in [0.1, 0.15) is 11.4 Å². The van der Waals surface area contributed by atoms with Gasteiger partial charge in [0.25, 0.3) is 0 Å². The molecular formula is C23H40FNO4S. The third kappa shape index (κ3) is 8.88. The van der Waals surface area contributed by atoms with Gasteiger partial charge in [0.05, 0.1) is 21.3 Å². The molecule has 1 heterocycles. The molecule has 0 aromatic heterocycles. The van der Waals surface area contributed by atoms with E-state index in [2.05, 4.69) is 6.58 Å². The van der Waals surface area contributed by atoms with Crippen molar-refractivity contribution in [1.29, 1.82) is 0 Å². The molecule has 5 nitrogen and oxygen atoms in total. The molecule has 0 N–H and O–H groups in total. The summed E-state index contributed by atoms with van der Waals surface area (Å²) in [5.41, 5.74) is -1.17. The van der Waals surface area contributed by atoms with E-state index in [0.29, 0.717) is 25.4 Å². The summed E-state index contributed by atoms with van der Waals surface area (Å²) in [6, 6.07) is 0. The van der Waals surface area contributed by atoms with Crippen LogP contribution in [-0.2, 0) is 20.3 Å². The predicted octanol–water partition coefficient (Wildman–Crippen LogP) is 5.73. The summed E-state index contributed by atoms with van der Waals surface area (Å²) in [5, 5.41) is 0. The lowest BCUT2D eigenvalue weighted by atomic mass is 9.92. The number of allylic oxidation sites excluding steroid dienone is 1. The molecule has 0 spiro atoms. The highest BCUT2D eigenvalue weighted by Crippen LogP contribution is 2.29. The molecule has 30 heavy (non-hydrogen) atoms. The minimum atomic E-state index is -1.43. The molecule has 1 rings (SSSR count). The summed E-state index contributed by atoms with van der Waals surface area (Å²) >= 11 is 0. The van der Waals surface area contributed by atoms with Crippen molar-refractivity contribution in [3.63, 3.8) is 0 Å². The molecule has 174 valence electrons. The van der Waals surface area contributed by atoms with Crippen molar-refractivity contribution in [2.75, 3.05) is 26.0 Å². The average Bonchev–Trinajstić information content (AvgIpc) is 2.68. The molecule has 1 fully saturated rings. The van der Waals surface area contributed by atoms with E-state index in [1.165, 1.54) is 12.3 Å². The Labute approximate surface area is 184 Å². The highest BCUT2D eigenvalue weighted by atomic mass is 32.2. The molecule has 0 aromatic rings. The maximum Gasteiger partial charge on any atom is 0.410 e. The first-order valence-electron chi connectivity index (χ1n) is 11.0. The molecule has 0 bridgehead atoms. The lowest BCUT2D eigenvalue weighted by Crippen LogP contribution is -2.41. The van der Waals surface area contributed by atoms with E-state index in [9.17, 15) is 13.4 Å². The second-order valence-electron chi connectivity index (χ2n) is 9.04. The Bertz CT molecular complexity index is 630. The monoisotopic (exact) mass is 445 g/mol. The molecule has 7 heteroatoms. The van der Waals surface area contributed by atoms with Gasteiger partial charge < -0.3 is 14.4 Å². The number of likely N-dealkylation sites (tertiary alicyclic amines) is 1. The van der Waals surface area contributed by atoms with Crippen LogP contribution in [-0.4, -0.2) is 52.4 Å². The molecule has 1 amide bonds. The van der Waals surface area contributed by atoms with Gasteiger partial charge in [0.2, 0.25) is 0 Å². The van der Waals surface area contributed by atoms with E-state index < -0.39 is 27.8 Å². The van der Waals surface area contributed by atoms with Crippen molar-refractivity contribution < 1.29 is 22.9 Å². The van der Waals surface area contributed by atoms with Crippen LogP contribution >= 0.6 is 0 Å². The number of carbonyl (C=O) groups is 1. The Morgan fingerprint density at radius 3 is 2.27 bits per heavy atom. The van der Waals surface area contributed by atoms with E-state index in [0.717, 1.165) is 38.8 Å². The van der Waals surface area contributed by atoms with Crippen LogP contribution in [0.5, 0.6) is 0 Å². The van der Waals surface area contributed by atoms with Crippen LogP contribution < -0.4 is 0 Å². The Morgan fingerprint density at radius 1 is 1.23 bits per heavy atom. The normalized spacial score (nSPS) is 17.7. The Balaban J connectivity index is 2.46. The molecule has 1 atom stereocenters. The Kier molecular flexibility index (Phi) is 10.7. The lowest BCUT2D eigenvalue weighted by molar-refractivity contribution is -0.0192. The van der Waals surface area contributed by atoms with Crippen molar-refractivity contribution in [1.82, 2.24) is 4.90 Å². The highest BCUT2D eigenvalue weighted by molar-refractivity contribution is 7.88. The highest BCUT2D eigenvalue weighted by Gasteiger charge is 2.28. The minimum Gasteiger partial charge on any atom is -0.444 e. The van der Waals surface area contributed by atoms with Gasteiger partial charge in [-0.2, -0.15) is 0 Å². The zero-order valence-electron chi connectivity index (χ0n) is 19.6. The van der Waals surface area contributed by atoms with Crippen molar-refractivity contribution >= 4 is 16.9 Å². The van der Waals surface area contributed by atoms with E-state index in [1.807, 2.05) is 34.6 Å². The first-order valence-corrected chi connectivity index (χ1v) is 12.5. The smallest absolute Gasteiger partial charge is 0.410 e. The second kappa shape index (κ2) is 12.0. The molecule has 1 unspecified atom stereocenters. The summed E-state index contributed by atoms with van der Waals surface area (Å²) in [5.74, 6) is 0.00792. The molecule has 0 aromatic carbocycles. The zero-order chi connectivity index (χ0) is 22.9. The van der Waals surface area contributed by atoms with Gasteiger partial charge in [0.15, 0.2) is 0 Å². The molecule has 1 aliphatic rings. The van der Waals surface area contributed by atoms with E-state index in [4.69, 9.17) is 9.47 Å². The maximum absolute atomic E-state index is 14.4. The second-order valence-corrected chi connectivity index (χ2v) is 10.4. The van der Waals surface area contributed by atoms with E-state index in [1.54, 1.807) is 4.90 Å². The average molecular weight is 446 g/mol. The minimum absolute atomic E-state index is 0.00150. The van der Waals surface area contributed by atoms with Gasteiger partial charge >= 0.3 is 6.09 Å². The van der Waals surface area contributed by atoms with Gasteiger partial charge in [-0.25, -0.2) is 9.18 Å². The SMILES string of the molecule is C=C(C(F)=CC(CC)(CC)OCCCC1CCN(C(=O)OC(C)(C)C)CC1)S(C)=O. The van der Waals surface area contributed by atoms with Gasteiger partial charge in [-0.05, 0) is 71.3 Å². The number of hydrogen-bond acceptors (Lipinski definition) is 4. The number of piperidine rings is 1. The van der Waals surface area contributed by atoms with Gasteiger partial charge in [0, 0.05) is 26.0 Å². The largest absolute Gasteiger partial charge is 0.444 e. The lowest BCUT2D eigenvalue weighted by Gasteiger charge is -2.34. The summed E-state index contributed by atoms with van der Waals surface area (Å²) < 4.78 is 37.4. The van der Waals surface area contributed by atoms with Crippen LogP contribution in [0.1, 0.15) is 73.1 Å². The molecule has 0 saturated carbocycles. The van der Waals surface area contributed by atoms with Gasteiger partial charge in [-0.15, -0.1) is 0 Å². The van der Waals surface area contributed by atoms with Gasteiger partial charge in [-0.3, -0.25) is 4.21 Å². The number of halogens is 1. The third-order valence-corrected chi connectivity index (χ3v) is 6.50. The van der Waals surface area contributed by atoms with E-state index in [-0.39, 0.29) is 11.0 Å². The number of carbonyl (C=O) groups excluding carboxylic acids is 1. The van der Waals surface area contributed by atoms with Crippen molar-refractivity contribution in [3.05, 3.63) is 23.4 Å². The van der Waals surface area contributed by atoms with Crippen LogP contribution in [0.2, 0.25) is 0 Å². The zero-order valence-corrected chi connectivity index (χ0v) is 20.4. The standard InChI is InChI=1S/C23H40FNO4S/c1-8-23(9-2,17-20(24)18(3)30(7)27)28-16-10-11-19-12-14-25(15-13-19)21(26)29-22(4,5)6/h17,19H,3,8-16H2,1-2,4-7H3. The van der Waals surface area contributed by atoms with Crippen LogP contribution in [0.25, 0.3) is 0 Å². The summed E-state index contributed by atoms with van der Waals surface area (Å²) in [7, 11) is -1.43. The van der Waals surface area contributed by atoms with Crippen molar-refractivity contribution in [3.8, 4) is 0 Å². The Hall–Kier alpha value is -1.21. The molecule has 0 aliphatic carbocycles. The van der Waals surface area contributed by atoms with Crippen LogP contribution in [0.4, 0.5) is 9.18 Å². The summed E-state index contributed by atoms with van der Waals surface area (Å²) in [4.78, 5) is 13.9. The number of ether oxygens (including phenoxy) is 2. The molecular weight excluding hydrogens is 405 g/mol. The van der Waals surface area contributed by atoms with Crippen LogP contribution in [0.3, 0.4) is 0 Å². The van der Waals surface area contributed by atoms with E-state index >= 15 is 0 Å². The van der Waals surface area contributed by atoms with Gasteiger partial charge in [-0.1, -0.05) is 20.4 Å². The fourth-order valence-electron chi connectivity index (χ4n) is 3.53. The fourth-order valence-corrected chi connectivity index (χ4v) is 3.86. The Morgan fingerprint density at radius 2 is 1.80 bits per heavy atom. The third-order valence-electron chi connectivity index (χ3n) is 5.61. The summed E-state index contributed by atoms with van der Waals surface area (Å²) in [6.07, 6.45) is 7.72. The maximum atomic E-state index is 14.4. The molecule has 1 saturated heterocycles. The number of rotatable bonds is 10. The first kappa shape index (κ1) is 26.8. The predicted molar refractivity (Wildman–Crippen MR) is 121 cm³/mol. The summed E-state index contributed by atoms with van der Waals surface area (Å²) in [6.45, 7) is 15.1.